The predicted octanol–water partition coefficient (Wildman–Crippen LogP) is 0.466. The smallest absolute Gasteiger partial charge is 0.314 e. The molecular formula is C9H10FNO5. The van der Waals surface area contributed by atoms with Crippen LogP contribution in [-0.2, 0) is 0 Å². The molecule has 0 bridgehead atoms. The highest BCUT2D eigenvalue weighted by molar-refractivity contribution is 5.46. The number of nitro groups is 1. The number of rotatable bonds is 5. The van der Waals surface area contributed by atoms with E-state index in [1.165, 1.54) is 6.07 Å². The van der Waals surface area contributed by atoms with Crippen LogP contribution in [0.5, 0.6) is 5.75 Å². The topological polar surface area (TPSA) is 92.8 Å². The number of nitrogens with zero attached hydrogens (tertiary/aromatic N) is 1. The van der Waals surface area contributed by atoms with Crippen molar-refractivity contribution in [3.8, 4) is 5.75 Å². The summed E-state index contributed by atoms with van der Waals surface area (Å²) in [5, 5.41) is 28.0. The molecule has 16 heavy (non-hydrogen) atoms. The van der Waals surface area contributed by atoms with E-state index in [2.05, 4.69) is 0 Å². The number of aliphatic hydroxyl groups is 2. The Bertz CT molecular complexity index is 384. The largest absolute Gasteiger partial charge is 0.482 e. The maximum absolute atomic E-state index is 13.2. The summed E-state index contributed by atoms with van der Waals surface area (Å²) in [6, 6.07) is 3.28. The molecule has 0 spiro atoms. The van der Waals surface area contributed by atoms with Crippen molar-refractivity contribution in [2.45, 2.75) is 6.10 Å². The van der Waals surface area contributed by atoms with Crippen molar-refractivity contribution in [2.75, 3.05) is 13.2 Å². The van der Waals surface area contributed by atoms with Crippen molar-refractivity contribution in [1.29, 1.82) is 0 Å². The highest BCUT2D eigenvalue weighted by Crippen LogP contribution is 2.29. The Kier molecular flexibility index (Phi) is 4.15. The molecule has 88 valence electrons. The summed E-state index contributed by atoms with van der Waals surface area (Å²) in [6.07, 6.45) is -1.21. The zero-order chi connectivity index (χ0) is 12.1. The van der Waals surface area contributed by atoms with Crippen molar-refractivity contribution in [2.24, 2.45) is 0 Å². The molecular weight excluding hydrogens is 221 g/mol. The molecule has 0 heterocycles. The van der Waals surface area contributed by atoms with Gasteiger partial charge in [0.25, 0.3) is 0 Å². The van der Waals surface area contributed by atoms with Gasteiger partial charge in [-0.2, -0.15) is 0 Å². The molecule has 0 saturated carbocycles. The number of hydrogen-bond donors (Lipinski definition) is 2. The minimum Gasteiger partial charge on any atom is -0.482 e. The van der Waals surface area contributed by atoms with Gasteiger partial charge < -0.3 is 14.9 Å². The fourth-order valence-electron chi connectivity index (χ4n) is 1.02. The fraction of sp³-hybridized carbons (Fsp3) is 0.333. The monoisotopic (exact) mass is 231 g/mol. The van der Waals surface area contributed by atoms with Crippen LogP contribution < -0.4 is 4.74 Å². The van der Waals surface area contributed by atoms with Gasteiger partial charge in [0.1, 0.15) is 12.7 Å². The lowest BCUT2D eigenvalue weighted by Crippen LogP contribution is -2.21. The number of benzene rings is 1. The molecule has 0 aliphatic carbocycles. The molecule has 0 radical (unpaired) electrons. The first-order chi connectivity index (χ1) is 7.56. The molecule has 0 aliphatic rings. The molecule has 2 N–H and O–H groups in total. The van der Waals surface area contributed by atoms with Crippen LogP contribution in [0.1, 0.15) is 0 Å². The number of hydrogen-bond acceptors (Lipinski definition) is 5. The first-order valence-electron chi connectivity index (χ1n) is 4.41. The second kappa shape index (κ2) is 5.38. The lowest BCUT2D eigenvalue weighted by atomic mass is 10.3. The Morgan fingerprint density at radius 2 is 2.25 bits per heavy atom. The van der Waals surface area contributed by atoms with E-state index in [4.69, 9.17) is 14.9 Å². The zero-order valence-corrected chi connectivity index (χ0v) is 8.17. The van der Waals surface area contributed by atoms with Crippen molar-refractivity contribution >= 4 is 5.69 Å². The van der Waals surface area contributed by atoms with Gasteiger partial charge in [0.05, 0.1) is 11.5 Å². The first-order valence-corrected chi connectivity index (χ1v) is 4.41. The Morgan fingerprint density at radius 3 is 2.81 bits per heavy atom. The molecule has 1 aromatic carbocycles. The van der Waals surface area contributed by atoms with E-state index in [0.717, 1.165) is 12.1 Å². The number of nitro benzene ring substituents is 1. The zero-order valence-electron chi connectivity index (χ0n) is 8.17. The molecule has 6 nitrogen and oxygen atoms in total. The van der Waals surface area contributed by atoms with Gasteiger partial charge in [0.2, 0.25) is 5.75 Å². The van der Waals surface area contributed by atoms with Crippen molar-refractivity contribution in [1.82, 2.24) is 0 Å². The summed E-state index contributed by atoms with van der Waals surface area (Å²) in [5.74, 6) is -1.43. The van der Waals surface area contributed by atoms with Gasteiger partial charge in [-0.1, -0.05) is 6.07 Å². The average Bonchev–Trinajstić information content (AvgIpc) is 2.26. The van der Waals surface area contributed by atoms with Crippen molar-refractivity contribution < 1.29 is 24.3 Å². The van der Waals surface area contributed by atoms with Crippen LogP contribution in [0.25, 0.3) is 0 Å². The van der Waals surface area contributed by atoms with Crippen LogP contribution in [-0.4, -0.2) is 34.5 Å². The van der Waals surface area contributed by atoms with Gasteiger partial charge in [0, 0.05) is 6.07 Å². The lowest BCUT2D eigenvalue weighted by Gasteiger charge is -2.10. The van der Waals surface area contributed by atoms with Crippen LogP contribution in [0.15, 0.2) is 18.2 Å². The number of halogens is 1. The number of ether oxygens (including phenoxy) is 1. The van der Waals surface area contributed by atoms with Gasteiger partial charge in [-0.25, -0.2) is 4.39 Å². The minimum absolute atomic E-state index is 0.418. The van der Waals surface area contributed by atoms with Crippen LogP contribution in [0.4, 0.5) is 10.1 Å². The second-order valence-corrected chi connectivity index (χ2v) is 2.99. The number of para-hydroxylation sites is 1. The summed E-state index contributed by atoms with van der Waals surface area (Å²) in [6.45, 7) is -0.986. The van der Waals surface area contributed by atoms with E-state index >= 15 is 0 Å². The summed E-state index contributed by atoms with van der Waals surface area (Å²) in [7, 11) is 0. The van der Waals surface area contributed by atoms with Gasteiger partial charge >= 0.3 is 5.69 Å². The van der Waals surface area contributed by atoms with Crippen LogP contribution in [0, 0.1) is 15.9 Å². The molecule has 0 fully saturated rings. The third-order valence-electron chi connectivity index (χ3n) is 1.77. The van der Waals surface area contributed by atoms with Crippen LogP contribution in [0.2, 0.25) is 0 Å². The molecule has 0 amide bonds. The van der Waals surface area contributed by atoms with Crippen molar-refractivity contribution in [3.63, 3.8) is 0 Å². The van der Waals surface area contributed by atoms with Gasteiger partial charge in [0.15, 0.2) is 5.82 Å². The summed E-state index contributed by atoms with van der Waals surface area (Å²) in [4.78, 5) is 9.75. The van der Waals surface area contributed by atoms with E-state index in [9.17, 15) is 14.5 Å². The maximum Gasteiger partial charge on any atom is 0.314 e. The highest BCUT2D eigenvalue weighted by Gasteiger charge is 2.20. The van der Waals surface area contributed by atoms with E-state index < -0.39 is 41.5 Å². The van der Waals surface area contributed by atoms with E-state index in [1.54, 1.807) is 0 Å². The second-order valence-electron chi connectivity index (χ2n) is 2.99. The third kappa shape index (κ3) is 2.88. The normalized spacial score (nSPS) is 12.2. The first kappa shape index (κ1) is 12.3. The maximum atomic E-state index is 13.2. The molecule has 1 atom stereocenters. The lowest BCUT2D eigenvalue weighted by molar-refractivity contribution is -0.386. The highest BCUT2D eigenvalue weighted by atomic mass is 19.1. The summed E-state index contributed by atoms with van der Waals surface area (Å²) < 4.78 is 17.9. The number of aliphatic hydroxyl groups excluding tert-OH is 2. The van der Waals surface area contributed by atoms with E-state index in [0.29, 0.717) is 0 Å². The van der Waals surface area contributed by atoms with Crippen LogP contribution in [0.3, 0.4) is 0 Å². The summed E-state index contributed by atoms with van der Waals surface area (Å²) in [5.41, 5.74) is -0.523. The SMILES string of the molecule is O=[N+]([O-])c1cccc(F)c1OCC(O)CO. The van der Waals surface area contributed by atoms with Crippen molar-refractivity contribution in [3.05, 3.63) is 34.1 Å². The molecule has 7 heteroatoms. The Morgan fingerprint density at radius 1 is 1.56 bits per heavy atom. The molecule has 0 saturated heterocycles. The Labute approximate surface area is 90.0 Å². The van der Waals surface area contributed by atoms with Gasteiger partial charge in [-0.05, 0) is 6.07 Å². The third-order valence-corrected chi connectivity index (χ3v) is 1.77. The van der Waals surface area contributed by atoms with E-state index in [-0.39, 0.29) is 0 Å². The predicted molar refractivity (Wildman–Crippen MR) is 51.6 cm³/mol. The Balaban J connectivity index is 2.88. The molecule has 1 rings (SSSR count). The van der Waals surface area contributed by atoms with E-state index in [1.807, 2.05) is 0 Å². The molecule has 1 aromatic rings. The minimum atomic E-state index is -1.21. The Hall–Kier alpha value is -1.73. The van der Waals surface area contributed by atoms with Crippen LogP contribution >= 0.6 is 0 Å². The van der Waals surface area contributed by atoms with Gasteiger partial charge in [-0.3, -0.25) is 10.1 Å². The quantitative estimate of drug-likeness (QED) is 0.567. The molecule has 0 aromatic heterocycles. The molecule has 1 unspecified atom stereocenters. The summed E-state index contributed by atoms with van der Waals surface area (Å²) >= 11 is 0. The van der Waals surface area contributed by atoms with Gasteiger partial charge in [-0.15, -0.1) is 0 Å². The molecule has 0 aliphatic heterocycles. The standard InChI is InChI=1S/C9H10FNO5/c10-7-2-1-3-8(11(14)15)9(7)16-5-6(13)4-12/h1-3,6,12-13H,4-5H2. The average molecular weight is 231 g/mol. The fourth-order valence-corrected chi connectivity index (χ4v) is 1.02.